The van der Waals surface area contributed by atoms with Crippen molar-refractivity contribution in [3.63, 3.8) is 0 Å². The van der Waals surface area contributed by atoms with Crippen LogP contribution in [0.25, 0.3) is 0 Å². The smallest absolute Gasteiger partial charge is 0.415 e. The lowest BCUT2D eigenvalue weighted by Crippen LogP contribution is -2.35. The zero-order chi connectivity index (χ0) is 13.2. The van der Waals surface area contributed by atoms with E-state index in [0.29, 0.717) is 6.54 Å². The predicted octanol–water partition coefficient (Wildman–Crippen LogP) is 1.01. The Labute approximate surface area is 110 Å². The summed E-state index contributed by atoms with van der Waals surface area (Å²) in [6, 6.07) is 3.67. The Balaban J connectivity index is 1.93. The molecule has 1 amide bonds. The Morgan fingerprint density at radius 2 is 2.39 bits per heavy atom. The van der Waals surface area contributed by atoms with E-state index in [4.69, 9.17) is 4.74 Å². The molecule has 0 saturated carbocycles. The molecule has 2 rings (SSSR count). The third-order valence-electron chi connectivity index (χ3n) is 2.56. The molecule has 1 aliphatic heterocycles. The molecular formula is C10H14N2O4S2. The highest BCUT2D eigenvalue weighted by Crippen LogP contribution is 2.26. The van der Waals surface area contributed by atoms with Gasteiger partial charge in [0, 0.05) is 6.54 Å². The largest absolute Gasteiger partial charge is 0.443 e. The van der Waals surface area contributed by atoms with Crippen LogP contribution in [0.3, 0.4) is 0 Å². The van der Waals surface area contributed by atoms with Crippen molar-refractivity contribution >= 4 is 32.5 Å². The van der Waals surface area contributed by atoms with Crippen molar-refractivity contribution in [1.29, 1.82) is 0 Å². The highest BCUT2D eigenvalue weighted by Gasteiger charge is 2.33. The minimum absolute atomic E-state index is 0.0162. The quantitative estimate of drug-likeness (QED) is 0.878. The van der Waals surface area contributed by atoms with Crippen LogP contribution in [0.5, 0.6) is 0 Å². The van der Waals surface area contributed by atoms with Gasteiger partial charge in [0.25, 0.3) is 0 Å². The van der Waals surface area contributed by atoms with Gasteiger partial charge >= 0.3 is 6.09 Å². The van der Waals surface area contributed by atoms with Crippen molar-refractivity contribution in [2.45, 2.75) is 13.0 Å². The first-order valence-corrected chi connectivity index (χ1v) is 8.04. The molecule has 0 radical (unpaired) electrons. The molecule has 1 aromatic rings. The maximum atomic E-state index is 11.6. The van der Waals surface area contributed by atoms with Crippen molar-refractivity contribution in [2.75, 3.05) is 23.7 Å². The molecule has 6 nitrogen and oxygen atoms in total. The van der Waals surface area contributed by atoms with E-state index in [0.717, 1.165) is 5.00 Å². The summed E-state index contributed by atoms with van der Waals surface area (Å²) >= 11 is 1.44. The van der Waals surface area contributed by atoms with Crippen LogP contribution >= 0.6 is 11.3 Å². The van der Waals surface area contributed by atoms with E-state index in [1.807, 2.05) is 17.5 Å². The maximum absolute atomic E-state index is 11.6. The van der Waals surface area contributed by atoms with Crippen molar-refractivity contribution in [2.24, 2.45) is 0 Å². The second kappa shape index (κ2) is 5.25. The van der Waals surface area contributed by atoms with Crippen LogP contribution < -0.4 is 9.62 Å². The summed E-state index contributed by atoms with van der Waals surface area (Å²) < 4.78 is 30.1. The third-order valence-corrected chi connectivity index (χ3v) is 4.81. The summed E-state index contributed by atoms with van der Waals surface area (Å²) in [5.41, 5.74) is 0. The number of carbonyl (C=O) groups excluding carboxylic acids is 1. The first-order chi connectivity index (χ1) is 8.52. The van der Waals surface area contributed by atoms with Crippen LogP contribution in [0.2, 0.25) is 0 Å². The van der Waals surface area contributed by atoms with Gasteiger partial charge in [-0.3, -0.25) is 4.90 Å². The highest BCUT2D eigenvalue weighted by atomic mass is 32.2. The second-order valence-electron chi connectivity index (χ2n) is 3.82. The molecule has 1 saturated heterocycles. The fourth-order valence-corrected chi connectivity index (χ4v) is 2.93. The first-order valence-electron chi connectivity index (χ1n) is 5.51. The van der Waals surface area contributed by atoms with Gasteiger partial charge in [0.1, 0.15) is 11.1 Å². The van der Waals surface area contributed by atoms with Crippen molar-refractivity contribution < 1.29 is 17.9 Å². The molecule has 0 bridgehead atoms. The number of hydrogen-bond acceptors (Lipinski definition) is 5. The maximum Gasteiger partial charge on any atom is 0.415 e. The molecule has 1 fully saturated rings. The first kappa shape index (κ1) is 13.3. The number of hydrogen-bond donors (Lipinski definition) is 1. The van der Waals surface area contributed by atoms with E-state index in [1.54, 1.807) is 6.92 Å². The minimum atomic E-state index is -3.25. The van der Waals surface area contributed by atoms with Gasteiger partial charge in [-0.05, 0) is 24.4 Å². The lowest BCUT2D eigenvalue weighted by molar-refractivity contribution is 0.143. The van der Waals surface area contributed by atoms with Crippen LogP contribution in [-0.4, -0.2) is 39.5 Å². The topological polar surface area (TPSA) is 75.7 Å². The van der Waals surface area contributed by atoms with Gasteiger partial charge in [0.2, 0.25) is 10.0 Å². The van der Waals surface area contributed by atoms with Crippen molar-refractivity contribution in [3.05, 3.63) is 17.5 Å². The second-order valence-corrected chi connectivity index (χ2v) is 6.84. The SMILES string of the molecule is CCS(=O)(=O)NCC1CN(c2cccs2)C(=O)O1. The summed E-state index contributed by atoms with van der Waals surface area (Å²) in [6.07, 6.45) is -0.876. The van der Waals surface area contributed by atoms with Crippen molar-refractivity contribution in [1.82, 2.24) is 4.72 Å². The molecule has 0 aliphatic carbocycles. The summed E-state index contributed by atoms with van der Waals surface area (Å²) in [7, 11) is -3.25. The van der Waals surface area contributed by atoms with E-state index in [1.165, 1.54) is 16.2 Å². The summed E-state index contributed by atoms with van der Waals surface area (Å²) in [5.74, 6) is 0.0162. The summed E-state index contributed by atoms with van der Waals surface area (Å²) in [4.78, 5) is 13.1. The number of nitrogens with zero attached hydrogens (tertiary/aromatic N) is 1. The van der Waals surface area contributed by atoms with E-state index < -0.39 is 22.2 Å². The molecule has 100 valence electrons. The van der Waals surface area contributed by atoms with Gasteiger partial charge < -0.3 is 4.74 Å². The van der Waals surface area contributed by atoms with Gasteiger partial charge in [0.15, 0.2) is 0 Å². The molecule has 0 spiro atoms. The van der Waals surface area contributed by atoms with E-state index in [9.17, 15) is 13.2 Å². The summed E-state index contributed by atoms with van der Waals surface area (Å²) in [5, 5.41) is 2.68. The molecule has 8 heteroatoms. The Hall–Kier alpha value is -1.12. The standard InChI is InChI=1S/C10H14N2O4S2/c1-2-18(14,15)11-6-8-7-12(10(13)16-8)9-4-3-5-17-9/h3-5,8,11H,2,6-7H2,1H3. The number of anilines is 1. The Morgan fingerprint density at radius 3 is 3.00 bits per heavy atom. The van der Waals surface area contributed by atoms with Crippen LogP contribution in [0.1, 0.15) is 6.92 Å². The third kappa shape index (κ3) is 3.01. The molecule has 18 heavy (non-hydrogen) atoms. The van der Waals surface area contributed by atoms with Gasteiger partial charge in [-0.15, -0.1) is 11.3 Å². The molecule has 1 aliphatic rings. The molecule has 2 heterocycles. The van der Waals surface area contributed by atoms with E-state index in [-0.39, 0.29) is 12.3 Å². The fraction of sp³-hybridized carbons (Fsp3) is 0.500. The average molecular weight is 290 g/mol. The average Bonchev–Trinajstić information content (AvgIpc) is 2.95. The number of amides is 1. The van der Waals surface area contributed by atoms with E-state index >= 15 is 0 Å². The molecule has 1 N–H and O–H groups in total. The molecular weight excluding hydrogens is 276 g/mol. The lowest BCUT2D eigenvalue weighted by atomic mass is 10.3. The van der Waals surface area contributed by atoms with E-state index in [2.05, 4.69) is 4.72 Å². The lowest BCUT2D eigenvalue weighted by Gasteiger charge is -2.10. The molecule has 0 aromatic carbocycles. The number of thiophene rings is 1. The molecule has 1 unspecified atom stereocenters. The Kier molecular flexibility index (Phi) is 3.88. The minimum Gasteiger partial charge on any atom is -0.443 e. The van der Waals surface area contributed by atoms with Crippen LogP contribution in [0, 0.1) is 0 Å². The van der Waals surface area contributed by atoms with Crippen molar-refractivity contribution in [3.8, 4) is 0 Å². The number of carbonyl (C=O) groups is 1. The number of sulfonamides is 1. The van der Waals surface area contributed by atoms with Crippen LogP contribution in [0.15, 0.2) is 17.5 Å². The summed E-state index contributed by atoms with van der Waals surface area (Å²) in [6.45, 7) is 2.04. The van der Waals surface area contributed by atoms with Gasteiger partial charge in [0.05, 0.1) is 12.3 Å². The zero-order valence-corrected chi connectivity index (χ0v) is 11.5. The monoisotopic (exact) mass is 290 g/mol. The Morgan fingerprint density at radius 1 is 1.61 bits per heavy atom. The number of ether oxygens (including phenoxy) is 1. The Bertz CT molecular complexity index is 512. The predicted molar refractivity (Wildman–Crippen MR) is 69.4 cm³/mol. The number of nitrogens with one attached hydrogen (secondary N) is 1. The van der Waals surface area contributed by atoms with Crippen LogP contribution in [0.4, 0.5) is 9.80 Å². The molecule has 1 aromatic heterocycles. The molecule has 1 atom stereocenters. The fourth-order valence-electron chi connectivity index (χ4n) is 1.55. The zero-order valence-electron chi connectivity index (χ0n) is 9.83. The number of cyclic esters (lactones) is 1. The van der Waals surface area contributed by atoms with Crippen LogP contribution in [-0.2, 0) is 14.8 Å². The van der Waals surface area contributed by atoms with Gasteiger partial charge in [-0.25, -0.2) is 17.9 Å². The van der Waals surface area contributed by atoms with Gasteiger partial charge in [-0.2, -0.15) is 0 Å². The highest BCUT2D eigenvalue weighted by molar-refractivity contribution is 7.89. The number of rotatable bonds is 5. The van der Waals surface area contributed by atoms with Gasteiger partial charge in [-0.1, -0.05) is 0 Å². The normalized spacial score (nSPS) is 20.2.